The van der Waals surface area contributed by atoms with Crippen LogP contribution in [0.25, 0.3) is 0 Å². The van der Waals surface area contributed by atoms with Crippen LogP contribution in [0.3, 0.4) is 0 Å². The molecule has 208 valence electrons. The van der Waals surface area contributed by atoms with Gasteiger partial charge in [-0.25, -0.2) is 4.79 Å². The standard InChI is InChI=1S/C26H41N3O7S/c1-7-9-14-29(24(33)19(16-37)28-25(34)36-26(4,5)6)22(18-10-11-20(30)17(3)15-18)23(32)27-13-12-21(31)35-8-2/h10-11,15,19,22,30,37H,7-9,12-14,16H2,1-6H3,(H,27,32)(H,28,34). The molecule has 2 atom stereocenters. The largest absolute Gasteiger partial charge is 0.508 e. The summed E-state index contributed by atoms with van der Waals surface area (Å²) in [4.78, 5) is 52.7. The van der Waals surface area contributed by atoms with Crippen molar-refractivity contribution in [2.75, 3.05) is 25.4 Å². The smallest absolute Gasteiger partial charge is 0.408 e. The highest BCUT2D eigenvalue weighted by atomic mass is 32.1. The lowest BCUT2D eigenvalue weighted by Gasteiger charge is -2.34. The summed E-state index contributed by atoms with van der Waals surface area (Å²) in [6, 6.07) is 2.53. The molecule has 2 unspecified atom stereocenters. The molecular formula is C26H41N3O7S. The monoisotopic (exact) mass is 539 g/mol. The van der Waals surface area contributed by atoms with Crippen LogP contribution in [-0.4, -0.2) is 71.0 Å². The number of amides is 3. The van der Waals surface area contributed by atoms with Gasteiger partial charge in [0, 0.05) is 18.8 Å². The molecule has 3 N–H and O–H groups in total. The number of benzene rings is 1. The average molecular weight is 540 g/mol. The second kappa shape index (κ2) is 15.3. The predicted octanol–water partition coefficient (Wildman–Crippen LogP) is 3.26. The molecule has 3 amide bonds. The topological polar surface area (TPSA) is 134 Å². The summed E-state index contributed by atoms with van der Waals surface area (Å²) < 4.78 is 10.2. The number of unbranched alkanes of at least 4 members (excludes halogenated alkanes) is 1. The molecule has 0 spiro atoms. The minimum atomic E-state index is -1.08. The molecule has 0 bridgehead atoms. The fourth-order valence-corrected chi connectivity index (χ4v) is 3.72. The predicted molar refractivity (Wildman–Crippen MR) is 143 cm³/mol. The first kappa shape index (κ1) is 32.1. The molecular weight excluding hydrogens is 498 g/mol. The van der Waals surface area contributed by atoms with Crippen molar-refractivity contribution in [3.63, 3.8) is 0 Å². The maximum Gasteiger partial charge on any atom is 0.408 e. The molecule has 11 heteroatoms. The fourth-order valence-electron chi connectivity index (χ4n) is 3.47. The number of nitrogens with zero attached hydrogens (tertiary/aromatic N) is 1. The van der Waals surface area contributed by atoms with Crippen molar-refractivity contribution in [1.82, 2.24) is 15.5 Å². The summed E-state index contributed by atoms with van der Waals surface area (Å²) in [7, 11) is 0. The van der Waals surface area contributed by atoms with E-state index in [0.29, 0.717) is 17.5 Å². The number of thiol groups is 1. The van der Waals surface area contributed by atoms with Crippen LogP contribution < -0.4 is 10.6 Å². The number of ether oxygens (including phenoxy) is 2. The van der Waals surface area contributed by atoms with E-state index in [1.165, 1.54) is 11.0 Å². The molecule has 0 aliphatic heterocycles. The molecule has 1 aromatic carbocycles. The maximum atomic E-state index is 13.7. The number of aromatic hydroxyl groups is 1. The second-order valence-corrected chi connectivity index (χ2v) is 9.93. The Hall–Kier alpha value is -2.95. The third-order valence-electron chi connectivity index (χ3n) is 5.24. The van der Waals surface area contributed by atoms with Gasteiger partial charge in [-0.2, -0.15) is 12.6 Å². The number of carbonyl (C=O) groups excluding carboxylic acids is 4. The molecule has 10 nitrogen and oxygen atoms in total. The van der Waals surface area contributed by atoms with E-state index in [9.17, 15) is 24.3 Å². The molecule has 0 aliphatic rings. The van der Waals surface area contributed by atoms with Gasteiger partial charge in [0.15, 0.2) is 0 Å². The Labute approximate surface area is 224 Å². The Bertz CT molecular complexity index is 933. The van der Waals surface area contributed by atoms with Crippen molar-refractivity contribution in [1.29, 1.82) is 0 Å². The number of carbonyl (C=O) groups is 4. The van der Waals surface area contributed by atoms with E-state index in [1.54, 1.807) is 46.8 Å². The van der Waals surface area contributed by atoms with E-state index in [1.807, 2.05) is 6.92 Å². The number of aryl methyl sites for hydroxylation is 1. The lowest BCUT2D eigenvalue weighted by molar-refractivity contribution is -0.144. The zero-order chi connectivity index (χ0) is 28.2. The number of nitrogens with one attached hydrogen (secondary N) is 2. The molecule has 0 saturated heterocycles. The third-order valence-corrected chi connectivity index (χ3v) is 5.60. The number of esters is 1. The summed E-state index contributed by atoms with van der Waals surface area (Å²) in [5.74, 6) is -1.43. The minimum absolute atomic E-state index is 0.0210. The summed E-state index contributed by atoms with van der Waals surface area (Å²) >= 11 is 4.26. The normalized spacial score (nSPS) is 12.7. The van der Waals surface area contributed by atoms with Crippen molar-refractivity contribution in [2.24, 2.45) is 0 Å². The van der Waals surface area contributed by atoms with Gasteiger partial charge in [0.1, 0.15) is 23.4 Å². The van der Waals surface area contributed by atoms with E-state index in [2.05, 4.69) is 23.3 Å². The van der Waals surface area contributed by atoms with Gasteiger partial charge in [-0.1, -0.05) is 19.4 Å². The molecule has 0 radical (unpaired) electrons. The molecule has 37 heavy (non-hydrogen) atoms. The van der Waals surface area contributed by atoms with Gasteiger partial charge in [-0.15, -0.1) is 0 Å². The average Bonchev–Trinajstić information content (AvgIpc) is 2.80. The number of phenols is 1. The van der Waals surface area contributed by atoms with Crippen LogP contribution in [0, 0.1) is 6.92 Å². The van der Waals surface area contributed by atoms with E-state index < -0.39 is 41.6 Å². The van der Waals surface area contributed by atoms with Crippen LogP contribution in [0.4, 0.5) is 4.79 Å². The van der Waals surface area contributed by atoms with E-state index >= 15 is 0 Å². The fraction of sp³-hybridized carbons (Fsp3) is 0.615. The first-order valence-electron chi connectivity index (χ1n) is 12.5. The lowest BCUT2D eigenvalue weighted by atomic mass is 10.00. The van der Waals surface area contributed by atoms with Crippen molar-refractivity contribution in [2.45, 2.75) is 78.5 Å². The Morgan fingerprint density at radius 1 is 1.16 bits per heavy atom. The second-order valence-electron chi connectivity index (χ2n) is 9.56. The van der Waals surface area contributed by atoms with Crippen molar-refractivity contribution < 1.29 is 33.8 Å². The van der Waals surface area contributed by atoms with Crippen LogP contribution in [0.2, 0.25) is 0 Å². The summed E-state index contributed by atoms with van der Waals surface area (Å²) in [6.07, 6.45) is 0.552. The lowest BCUT2D eigenvalue weighted by Crippen LogP contribution is -2.54. The van der Waals surface area contributed by atoms with E-state index in [-0.39, 0.29) is 37.6 Å². The van der Waals surface area contributed by atoms with Gasteiger partial charge in [-0.3, -0.25) is 14.4 Å². The minimum Gasteiger partial charge on any atom is -0.508 e. The van der Waals surface area contributed by atoms with Crippen LogP contribution in [0.1, 0.15) is 71.0 Å². The maximum absolute atomic E-state index is 13.7. The summed E-state index contributed by atoms with van der Waals surface area (Å²) in [5.41, 5.74) is 0.243. The van der Waals surface area contributed by atoms with Crippen LogP contribution in [0.5, 0.6) is 5.75 Å². The number of alkyl carbamates (subject to hydrolysis) is 1. The zero-order valence-corrected chi connectivity index (χ0v) is 23.5. The zero-order valence-electron chi connectivity index (χ0n) is 22.6. The van der Waals surface area contributed by atoms with Gasteiger partial charge in [0.05, 0.1) is 13.0 Å². The van der Waals surface area contributed by atoms with Crippen LogP contribution in [0.15, 0.2) is 18.2 Å². The van der Waals surface area contributed by atoms with Crippen molar-refractivity contribution >= 4 is 36.5 Å². The number of phenolic OH excluding ortho intramolecular Hbond substituents is 1. The number of hydrogen-bond donors (Lipinski definition) is 4. The highest BCUT2D eigenvalue weighted by molar-refractivity contribution is 7.80. The van der Waals surface area contributed by atoms with Crippen molar-refractivity contribution in [3.05, 3.63) is 29.3 Å². The number of hydrogen-bond acceptors (Lipinski definition) is 8. The van der Waals surface area contributed by atoms with Gasteiger partial charge >= 0.3 is 12.1 Å². The molecule has 0 fully saturated rings. The molecule has 0 aliphatic carbocycles. The van der Waals surface area contributed by atoms with Gasteiger partial charge in [-0.05, 0) is 64.3 Å². The molecule has 0 saturated carbocycles. The van der Waals surface area contributed by atoms with Gasteiger partial charge in [0.25, 0.3) is 0 Å². The Morgan fingerprint density at radius 2 is 1.84 bits per heavy atom. The van der Waals surface area contributed by atoms with Crippen molar-refractivity contribution in [3.8, 4) is 5.75 Å². The molecule has 1 rings (SSSR count). The van der Waals surface area contributed by atoms with E-state index in [0.717, 1.165) is 6.42 Å². The van der Waals surface area contributed by atoms with Gasteiger partial charge in [0.2, 0.25) is 11.8 Å². The van der Waals surface area contributed by atoms with Gasteiger partial charge < -0.3 is 30.1 Å². The van der Waals surface area contributed by atoms with Crippen LogP contribution >= 0.6 is 12.6 Å². The first-order chi connectivity index (χ1) is 17.3. The molecule has 1 aromatic rings. The highest BCUT2D eigenvalue weighted by Crippen LogP contribution is 2.27. The molecule has 0 heterocycles. The Balaban J connectivity index is 3.34. The summed E-state index contributed by atoms with van der Waals surface area (Å²) in [6.45, 7) is 10.9. The number of rotatable bonds is 13. The highest BCUT2D eigenvalue weighted by Gasteiger charge is 2.35. The quantitative estimate of drug-likeness (QED) is 0.223. The third kappa shape index (κ3) is 10.9. The Morgan fingerprint density at radius 3 is 2.38 bits per heavy atom. The van der Waals surface area contributed by atoms with Crippen LogP contribution in [-0.2, 0) is 23.9 Å². The molecule has 0 aromatic heterocycles. The Kier molecular flexibility index (Phi) is 13.3. The first-order valence-corrected chi connectivity index (χ1v) is 13.1. The van der Waals surface area contributed by atoms with E-state index in [4.69, 9.17) is 9.47 Å². The SMILES string of the molecule is CCCCN(C(=O)C(CS)NC(=O)OC(C)(C)C)C(C(=O)NCCC(=O)OCC)c1ccc(O)c(C)c1. The summed E-state index contributed by atoms with van der Waals surface area (Å²) in [5, 5.41) is 15.3.